The van der Waals surface area contributed by atoms with Crippen molar-refractivity contribution < 1.29 is 4.92 Å². The Hall–Kier alpha value is -2.91. The van der Waals surface area contributed by atoms with Crippen LogP contribution < -0.4 is 4.90 Å². The zero-order valence-electron chi connectivity index (χ0n) is 14.0. The third-order valence-corrected chi connectivity index (χ3v) is 4.57. The third-order valence-electron chi connectivity index (χ3n) is 4.57. The molecular formula is C19H20N4O2. The van der Waals surface area contributed by atoms with Crippen LogP contribution in [-0.4, -0.2) is 42.5 Å². The highest BCUT2D eigenvalue weighted by Crippen LogP contribution is 2.29. The van der Waals surface area contributed by atoms with E-state index in [1.54, 1.807) is 12.1 Å². The fourth-order valence-electron chi connectivity index (χ4n) is 3.15. The first-order valence-corrected chi connectivity index (χ1v) is 8.37. The molecule has 128 valence electrons. The average molecular weight is 336 g/mol. The van der Waals surface area contributed by atoms with Crippen LogP contribution in [0.4, 0.5) is 11.4 Å². The topological polar surface area (TPSA) is 73.4 Å². The molecular weight excluding hydrogens is 316 g/mol. The summed E-state index contributed by atoms with van der Waals surface area (Å²) in [4.78, 5) is 15.3. The molecule has 0 saturated carbocycles. The van der Waals surface area contributed by atoms with E-state index in [0.717, 1.165) is 39.1 Å². The molecule has 3 rings (SSSR count). The van der Waals surface area contributed by atoms with Gasteiger partial charge < -0.3 is 4.90 Å². The summed E-state index contributed by atoms with van der Waals surface area (Å²) in [6.45, 7) is 4.25. The Morgan fingerprint density at radius 3 is 2.44 bits per heavy atom. The molecule has 1 heterocycles. The molecule has 0 amide bonds. The lowest BCUT2D eigenvalue weighted by Gasteiger charge is -2.35. The van der Waals surface area contributed by atoms with E-state index in [9.17, 15) is 10.1 Å². The summed E-state index contributed by atoms with van der Waals surface area (Å²) >= 11 is 0. The molecule has 6 nitrogen and oxygen atoms in total. The number of hydrogen-bond acceptors (Lipinski definition) is 5. The van der Waals surface area contributed by atoms with Crippen LogP contribution in [0.3, 0.4) is 0 Å². The zero-order chi connectivity index (χ0) is 17.6. The van der Waals surface area contributed by atoms with Gasteiger partial charge in [0.25, 0.3) is 5.69 Å². The highest BCUT2D eigenvalue weighted by molar-refractivity contribution is 5.65. The average Bonchev–Trinajstić information content (AvgIpc) is 2.67. The Kier molecular flexibility index (Phi) is 5.26. The summed E-state index contributed by atoms with van der Waals surface area (Å²) in [7, 11) is 0. The predicted molar refractivity (Wildman–Crippen MR) is 96.6 cm³/mol. The van der Waals surface area contributed by atoms with E-state index in [1.165, 1.54) is 11.6 Å². The van der Waals surface area contributed by atoms with Crippen molar-refractivity contribution in [2.45, 2.75) is 6.42 Å². The second kappa shape index (κ2) is 7.77. The zero-order valence-corrected chi connectivity index (χ0v) is 14.0. The smallest absolute Gasteiger partial charge is 0.293 e. The van der Waals surface area contributed by atoms with Crippen LogP contribution in [0.15, 0.2) is 48.5 Å². The highest BCUT2D eigenvalue weighted by atomic mass is 16.6. The molecule has 0 aromatic heterocycles. The number of nitro groups is 1. The number of rotatable bonds is 5. The molecule has 6 heteroatoms. The Morgan fingerprint density at radius 1 is 1.08 bits per heavy atom. The van der Waals surface area contributed by atoms with Crippen LogP contribution in [-0.2, 0) is 6.42 Å². The SMILES string of the molecule is N#Cc1ccc(N2CCN(CCc3ccccc3)CC2)c([N+](=O)[O-])c1. The Balaban J connectivity index is 1.61. The number of nitrogens with zero attached hydrogens (tertiary/aromatic N) is 4. The summed E-state index contributed by atoms with van der Waals surface area (Å²) in [5.41, 5.74) is 2.26. The van der Waals surface area contributed by atoms with Crippen LogP contribution in [0.1, 0.15) is 11.1 Å². The Morgan fingerprint density at radius 2 is 1.80 bits per heavy atom. The van der Waals surface area contributed by atoms with Crippen molar-refractivity contribution in [3.05, 3.63) is 69.8 Å². The first-order chi connectivity index (χ1) is 12.2. The van der Waals surface area contributed by atoms with E-state index < -0.39 is 4.92 Å². The summed E-state index contributed by atoms with van der Waals surface area (Å²) in [5, 5.41) is 20.3. The van der Waals surface area contributed by atoms with Crippen LogP contribution in [0.2, 0.25) is 0 Å². The lowest BCUT2D eigenvalue weighted by molar-refractivity contribution is -0.384. The molecule has 0 bridgehead atoms. The van der Waals surface area contributed by atoms with E-state index in [-0.39, 0.29) is 5.69 Å². The first-order valence-electron chi connectivity index (χ1n) is 8.37. The van der Waals surface area contributed by atoms with Gasteiger partial charge in [-0.3, -0.25) is 15.0 Å². The monoisotopic (exact) mass is 336 g/mol. The van der Waals surface area contributed by atoms with E-state index in [4.69, 9.17) is 5.26 Å². The van der Waals surface area contributed by atoms with Crippen LogP contribution in [0, 0.1) is 21.4 Å². The minimum atomic E-state index is -0.405. The number of benzene rings is 2. The number of anilines is 1. The lowest BCUT2D eigenvalue weighted by Crippen LogP contribution is -2.47. The normalized spacial score (nSPS) is 14.9. The summed E-state index contributed by atoms with van der Waals surface area (Å²) < 4.78 is 0. The summed E-state index contributed by atoms with van der Waals surface area (Å²) in [5.74, 6) is 0. The maximum atomic E-state index is 11.3. The van der Waals surface area contributed by atoms with E-state index >= 15 is 0 Å². The predicted octanol–water partition coefficient (Wildman–Crippen LogP) is 2.83. The molecule has 1 fully saturated rings. The molecule has 1 saturated heterocycles. The second-order valence-electron chi connectivity index (χ2n) is 6.14. The molecule has 0 atom stereocenters. The highest BCUT2D eigenvalue weighted by Gasteiger charge is 2.24. The molecule has 0 aliphatic carbocycles. The first kappa shape index (κ1) is 16.9. The van der Waals surface area contributed by atoms with Gasteiger partial charge in [-0.05, 0) is 24.1 Å². The molecule has 0 unspecified atom stereocenters. The van der Waals surface area contributed by atoms with Crippen molar-refractivity contribution >= 4 is 11.4 Å². The van der Waals surface area contributed by atoms with Gasteiger partial charge in [0.15, 0.2) is 0 Å². The fraction of sp³-hybridized carbons (Fsp3) is 0.316. The summed E-state index contributed by atoms with van der Waals surface area (Å²) in [6.07, 6.45) is 1.01. The van der Waals surface area contributed by atoms with Gasteiger partial charge in [0.1, 0.15) is 5.69 Å². The summed E-state index contributed by atoms with van der Waals surface area (Å²) in [6, 6.07) is 17.0. The molecule has 1 aliphatic rings. The molecule has 0 radical (unpaired) electrons. The van der Waals surface area contributed by atoms with Crippen molar-refractivity contribution in [3.8, 4) is 6.07 Å². The van der Waals surface area contributed by atoms with Gasteiger partial charge >= 0.3 is 0 Å². The minimum Gasteiger partial charge on any atom is -0.363 e. The third kappa shape index (κ3) is 4.14. The Labute approximate surface area is 147 Å². The van der Waals surface area contributed by atoms with E-state index in [2.05, 4.69) is 29.2 Å². The van der Waals surface area contributed by atoms with Crippen molar-refractivity contribution in [3.63, 3.8) is 0 Å². The Bertz CT molecular complexity index is 778. The molecule has 1 aliphatic heterocycles. The molecule has 2 aromatic rings. The standard InChI is InChI=1S/C19H20N4O2/c20-15-17-6-7-18(19(14-17)23(24)25)22-12-10-21(11-13-22)9-8-16-4-2-1-3-5-16/h1-7,14H,8-13H2. The van der Waals surface area contributed by atoms with Gasteiger partial charge in [0, 0.05) is 38.8 Å². The van der Waals surface area contributed by atoms with Gasteiger partial charge in [-0.25, -0.2) is 0 Å². The van der Waals surface area contributed by atoms with Crippen LogP contribution in [0.5, 0.6) is 0 Å². The quantitative estimate of drug-likeness (QED) is 0.620. The largest absolute Gasteiger partial charge is 0.363 e. The van der Waals surface area contributed by atoms with Crippen LogP contribution >= 0.6 is 0 Å². The van der Waals surface area contributed by atoms with E-state index in [0.29, 0.717) is 11.3 Å². The lowest BCUT2D eigenvalue weighted by atomic mass is 10.1. The van der Waals surface area contributed by atoms with Gasteiger partial charge in [-0.2, -0.15) is 5.26 Å². The van der Waals surface area contributed by atoms with E-state index in [1.807, 2.05) is 17.0 Å². The molecule has 2 aromatic carbocycles. The fourth-order valence-corrected chi connectivity index (χ4v) is 3.15. The number of nitriles is 1. The van der Waals surface area contributed by atoms with Gasteiger partial charge in [-0.15, -0.1) is 0 Å². The van der Waals surface area contributed by atoms with Crippen molar-refractivity contribution in [2.75, 3.05) is 37.6 Å². The molecule has 25 heavy (non-hydrogen) atoms. The maximum absolute atomic E-state index is 11.3. The van der Waals surface area contributed by atoms with Crippen LogP contribution in [0.25, 0.3) is 0 Å². The maximum Gasteiger partial charge on any atom is 0.293 e. The number of nitro benzene ring substituents is 1. The minimum absolute atomic E-state index is 0.0109. The van der Waals surface area contributed by atoms with Crippen molar-refractivity contribution in [1.29, 1.82) is 5.26 Å². The van der Waals surface area contributed by atoms with Crippen molar-refractivity contribution in [1.82, 2.24) is 4.90 Å². The second-order valence-corrected chi connectivity index (χ2v) is 6.14. The molecule has 0 spiro atoms. The number of piperazine rings is 1. The van der Waals surface area contributed by atoms with Gasteiger partial charge in [-0.1, -0.05) is 30.3 Å². The van der Waals surface area contributed by atoms with Gasteiger partial charge in [0.2, 0.25) is 0 Å². The molecule has 0 N–H and O–H groups in total. The number of hydrogen-bond donors (Lipinski definition) is 0. The van der Waals surface area contributed by atoms with Crippen molar-refractivity contribution in [2.24, 2.45) is 0 Å². The van der Waals surface area contributed by atoms with Gasteiger partial charge in [0.05, 0.1) is 16.6 Å².